The third-order valence-electron chi connectivity index (χ3n) is 5.31. The maximum Gasteiger partial charge on any atom is 0.0619 e. The summed E-state index contributed by atoms with van der Waals surface area (Å²) in [6, 6.07) is 1.18. The monoisotopic (exact) mass is 282 g/mol. The van der Waals surface area contributed by atoms with E-state index in [4.69, 9.17) is 4.74 Å². The van der Waals surface area contributed by atoms with Gasteiger partial charge in [0, 0.05) is 37.3 Å². The first kappa shape index (κ1) is 16.3. The third kappa shape index (κ3) is 3.75. The number of ether oxygens (including phenoxy) is 1. The van der Waals surface area contributed by atoms with Gasteiger partial charge in [-0.2, -0.15) is 0 Å². The fraction of sp³-hybridized carbons (Fsp3) is 1.00. The van der Waals surface area contributed by atoms with E-state index >= 15 is 0 Å². The highest BCUT2D eigenvalue weighted by Crippen LogP contribution is 2.33. The van der Waals surface area contributed by atoms with Crippen LogP contribution in [0.3, 0.4) is 0 Å². The summed E-state index contributed by atoms with van der Waals surface area (Å²) in [6.45, 7) is 13.2. The van der Waals surface area contributed by atoms with Crippen molar-refractivity contribution in [2.75, 3.05) is 26.3 Å². The van der Waals surface area contributed by atoms with E-state index in [1.807, 2.05) is 0 Å². The summed E-state index contributed by atoms with van der Waals surface area (Å²) in [5.74, 6) is 0.701. The second-order valence-corrected chi connectivity index (χ2v) is 7.21. The molecule has 2 aliphatic rings. The van der Waals surface area contributed by atoms with Crippen molar-refractivity contribution in [3.63, 3.8) is 0 Å². The zero-order chi connectivity index (χ0) is 14.6. The van der Waals surface area contributed by atoms with Crippen LogP contribution in [0.4, 0.5) is 0 Å². The molecule has 0 amide bonds. The first-order valence-electron chi connectivity index (χ1n) is 8.66. The van der Waals surface area contributed by atoms with Crippen molar-refractivity contribution >= 4 is 0 Å². The Morgan fingerprint density at radius 2 is 1.90 bits per heavy atom. The molecule has 0 radical (unpaired) electrons. The Morgan fingerprint density at radius 1 is 1.20 bits per heavy atom. The fourth-order valence-corrected chi connectivity index (χ4v) is 4.01. The molecule has 1 spiro atoms. The van der Waals surface area contributed by atoms with E-state index in [9.17, 15) is 0 Å². The second kappa shape index (κ2) is 7.24. The summed E-state index contributed by atoms with van der Waals surface area (Å²) in [5, 5.41) is 3.92. The van der Waals surface area contributed by atoms with Gasteiger partial charge in [0.15, 0.2) is 0 Å². The first-order valence-corrected chi connectivity index (χ1v) is 8.66. The molecule has 2 atom stereocenters. The average Bonchev–Trinajstić information content (AvgIpc) is 2.45. The molecular formula is C17H34N2O. The highest BCUT2D eigenvalue weighted by atomic mass is 16.5. The number of hydrogen-bond donors (Lipinski definition) is 1. The van der Waals surface area contributed by atoms with Crippen LogP contribution in [0.15, 0.2) is 0 Å². The highest BCUT2D eigenvalue weighted by molar-refractivity contribution is 5.01. The zero-order valence-electron chi connectivity index (χ0n) is 14.0. The minimum absolute atomic E-state index is 0.393. The van der Waals surface area contributed by atoms with Gasteiger partial charge in [-0.15, -0.1) is 0 Å². The SMILES string of the molecule is CCOCC(C)N1CC2(CCCCC2)NCC1C(C)C. The molecule has 0 aromatic carbocycles. The molecular weight excluding hydrogens is 248 g/mol. The summed E-state index contributed by atoms with van der Waals surface area (Å²) in [5.41, 5.74) is 0.393. The summed E-state index contributed by atoms with van der Waals surface area (Å²) in [6.07, 6.45) is 6.93. The van der Waals surface area contributed by atoms with Gasteiger partial charge in [-0.1, -0.05) is 33.1 Å². The number of piperazine rings is 1. The summed E-state index contributed by atoms with van der Waals surface area (Å²) in [7, 11) is 0. The van der Waals surface area contributed by atoms with Crippen molar-refractivity contribution in [2.24, 2.45) is 5.92 Å². The van der Waals surface area contributed by atoms with Gasteiger partial charge in [0.25, 0.3) is 0 Å². The first-order chi connectivity index (χ1) is 9.58. The lowest BCUT2D eigenvalue weighted by Crippen LogP contribution is -2.67. The van der Waals surface area contributed by atoms with Gasteiger partial charge in [-0.3, -0.25) is 4.90 Å². The van der Waals surface area contributed by atoms with Crippen LogP contribution in [-0.4, -0.2) is 48.8 Å². The predicted octanol–water partition coefficient (Wildman–Crippen LogP) is 3.04. The zero-order valence-corrected chi connectivity index (χ0v) is 14.0. The standard InChI is InChI=1S/C17H34N2O/c1-5-20-12-15(4)19-13-17(9-7-6-8-10-17)18-11-16(19)14(2)3/h14-16,18H,5-13H2,1-4H3. The molecule has 1 heterocycles. The molecule has 3 nitrogen and oxygen atoms in total. The molecule has 3 heteroatoms. The quantitative estimate of drug-likeness (QED) is 0.839. The Balaban J connectivity index is 2.04. The third-order valence-corrected chi connectivity index (χ3v) is 5.31. The second-order valence-electron chi connectivity index (χ2n) is 7.21. The topological polar surface area (TPSA) is 24.5 Å². The average molecular weight is 282 g/mol. The van der Waals surface area contributed by atoms with Crippen molar-refractivity contribution in [1.82, 2.24) is 10.2 Å². The van der Waals surface area contributed by atoms with E-state index in [-0.39, 0.29) is 0 Å². The minimum Gasteiger partial charge on any atom is -0.380 e. The number of nitrogens with zero attached hydrogens (tertiary/aromatic N) is 1. The molecule has 0 aromatic rings. The van der Waals surface area contributed by atoms with Crippen LogP contribution in [0.1, 0.15) is 59.8 Å². The molecule has 1 saturated heterocycles. The van der Waals surface area contributed by atoms with Gasteiger partial charge < -0.3 is 10.1 Å². The van der Waals surface area contributed by atoms with Crippen LogP contribution in [0.2, 0.25) is 0 Å². The van der Waals surface area contributed by atoms with Crippen LogP contribution >= 0.6 is 0 Å². The van der Waals surface area contributed by atoms with Crippen LogP contribution in [-0.2, 0) is 4.74 Å². The molecule has 20 heavy (non-hydrogen) atoms. The molecule has 2 unspecified atom stereocenters. The molecule has 1 N–H and O–H groups in total. The Labute approximate surface area is 125 Å². The van der Waals surface area contributed by atoms with Crippen molar-refractivity contribution in [2.45, 2.75) is 77.4 Å². The molecule has 2 fully saturated rings. The lowest BCUT2D eigenvalue weighted by atomic mass is 9.78. The van der Waals surface area contributed by atoms with Crippen molar-refractivity contribution < 1.29 is 4.74 Å². The van der Waals surface area contributed by atoms with E-state index in [0.29, 0.717) is 23.5 Å². The molecule has 2 rings (SSSR count). The summed E-state index contributed by atoms with van der Waals surface area (Å²) >= 11 is 0. The predicted molar refractivity (Wildman–Crippen MR) is 85.1 cm³/mol. The molecule has 0 aromatic heterocycles. The van der Waals surface area contributed by atoms with Gasteiger partial charge >= 0.3 is 0 Å². The molecule has 0 bridgehead atoms. The number of nitrogens with one attached hydrogen (secondary N) is 1. The maximum absolute atomic E-state index is 5.69. The van der Waals surface area contributed by atoms with E-state index in [2.05, 4.69) is 37.9 Å². The Kier molecular flexibility index (Phi) is 5.88. The van der Waals surface area contributed by atoms with Crippen molar-refractivity contribution in [3.8, 4) is 0 Å². The van der Waals surface area contributed by atoms with Crippen LogP contribution in [0.25, 0.3) is 0 Å². The van der Waals surface area contributed by atoms with Crippen LogP contribution in [0, 0.1) is 5.92 Å². The van der Waals surface area contributed by atoms with Gasteiger partial charge in [0.05, 0.1) is 6.61 Å². The lowest BCUT2D eigenvalue weighted by Gasteiger charge is -2.52. The Bertz CT molecular complexity index is 287. The van der Waals surface area contributed by atoms with E-state index in [1.54, 1.807) is 0 Å². The number of rotatable bonds is 5. The maximum atomic E-state index is 5.69. The van der Waals surface area contributed by atoms with Gasteiger partial charge in [0.1, 0.15) is 0 Å². The van der Waals surface area contributed by atoms with Gasteiger partial charge in [-0.05, 0) is 32.6 Å². The van der Waals surface area contributed by atoms with Gasteiger partial charge in [-0.25, -0.2) is 0 Å². The van der Waals surface area contributed by atoms with E-state index in [0.717, 1.165) is 19.8 Å². The van der Waals surface area contributed by atoms with E-state index in [1.165, 1.54) is 38.6 Å². The van der Waals surface area contributed by atoms with Crippen molar-refractivity contribution in [1.29, 1.82) is 0 Å². The molecule has 118 valence electrons. The van der Waals surface area contributed by atoms with Crippen molar-refractivity contribution in [3.05, 3.63) is 0 Å². The van der Waals surface area contributed by atoms with Crippen LogP contribution < -0.4 is 5.32 Å². The van der Waals surface area contributed by atoms with Crippen LogP contribution in [0.5, 0.6) is 0 Å². The minimum atomic E-state index is 0.393. The highest BCUT2D eigenvalue weighted by Gasteiger charge is 2.42. The Hall–Kier alpha value is -0.120. The number of hydrogen-bond acceptors (Lipinski definition) is 3. The Morgan fingerprint density at radius 3 is 2.50 bits per heavy atom. The summed E-state index contributed by atoms with van der Waals surface area (Å²) in [4.78, 5) is 2.74. The summed E-state index contributed by atoms with van der Waals surface area (Å²) < 4.78 is 5.69. The molecule has 1 aliphatic heterocycles. The normalized spacial score (nSPS) is 28.9. The van der Waals surface area contributed by atoms with E-state index < -0.39 is 0 Å². The lowest BCUT2D eigenvalue weighted by molar-refractivity contribution is -0.0179. The smallest absolute Gasteiger partial charge is 0.0619 e. The largest absolute Gasteiger partial charge is 0.380 e. The fourth-order valence-electron chi connectivity index (χ4n) is 4.01. The molecule has 1 aliphatic carbocycles. The molecule has 1 saturated carbocycles. The van der Waals surface area contributed by atoms with Gasteiger partial charge in [0.2, 0.25) is 0 Å².